The molecular formula is C44H45N7O6. The number of non-ortho nitro benzene ring substituents is 1. The van der Waals surface area contributed by atoms with E-state index in [1.54, 1.807) is 19.4 Å². The van der Waals surface area contributed by atoms with Crippen molar-refractivity contribution in [1.29, 1.82) is 0 Å². The summed E-state index contributed by atoms with van der Waals surface area (Å²) in [5.41, 5.74) is 8.16. The van der Waals surface area contributed by atoms with E-state index < -0.39 is 4.92 Å². The van der Waals surface area contributed by atoms with Crippen LogP contribution in [-0.4, -0.2) is 87.3 Å². The summed E-state index contributed by atoms with van der Waals surface area (Å²) < 4.78 is 13.0. The number of H-pyrrole nitrogens is 1. The molecule has 2 aliphatic heterocycles. The molecule has 2 N–H and O–H groups in total. The fraction of sp³-hybridized carbons (Fsp3) is 0.295. The van der Waals surface area contributed by atoms with Gasteiger partial charge in [0.2, 0.25) is 0 Å². The quantitative estimate of drug-likeness (QED) is 0.117. The Morgan fingerprint density at radius 2 is 1.81 bits per heavy atom. The standard InChI is InChI=1S/C44H45N7O6/c1-27-31(10-7-11-39(27)56-4)23-45-43(52)40-28(2)48(3)42(41(40)30-12-13-32-24-46-47-38(32)21-30)37-22-34(51(54)55)14-15-36(37)44(53)50-25-33-9-6-5-8-29(33)20-35(50)26-49-16-18-57-19-17-49/h5-15,21-22,24,35H,16-20,23,25-26H2,1-4H3,(H,45,52)(H,46,47)/t35-/m0/s1. The maximum absolute atomic E-state index is 15.2. The predicted octanol–water partition coefficient (Wildman–Crippen LogP) is 6.60. The summed E-state index contributed by atoms with van der Waals surface area (Å²) in [4.78, 5) is 45.9. The van der Waals surface area contributed by atoms with Gasteiger partial charge < -0.3 is 24.3 Å². The van der Waals surface area contributed by atoms with Crippen molar-refractivity contribution in [3.05, 3.63) is 134 Å². The third kappa shape index (κ3) is 7.15. The molecule has 2 amide bonds. The minimum atomic E-state index is -0.452. The molecule has 0 saturated carbocycles. The number of carbonyl (C=O) groups is 2. The highest BCUT2D eigenvalue weighted by Gasteiger charge is 2.35. The van der Waals surface area contributed by atoms with Crippen LogP contribution in [0.1, 0.15) is 48.7 Å². The molecular weight excluding hydrogens is 723 g/mol. The monoisotopic (exact) mass is 767 g/mol. The molecule has 1 saturated heterocycles. The Hall–Kier alpha value is -6.31. The summed E-state index contributed by atoms with van der Waals surface area (Å²) in [6.45, 7) is 7.94. The lowest BCUT2D eigenvalue weighted by molar-refractivity contribution is -0.384. The molecule has 1 atom stereocenters. The van der Waals surface area contributed by atoms with Gasteiger partial charge in [0.15, 0.2) is 0 Å². The third-order valence-corrected chi connectivity index (χ3v) is 11.6. The molecule has 13 heteroatoms. The van der Waals surface area contributed by atoms with Gasteiger partial charge in [-0.15, -0.1) is 0 Å². The van der Waals surface area contributed by atoms with Crippen LogP contribution in [0, 0.1) is 24.0 Å². The van der Waals surface area contributed by atoms with E-state index in [1.165, 1.54) is 17.7 Å². The van der Waals surface area contributed by atoms with Crippen molar-refractivity contribution in [2.45, 2.75) is 39.4 Å². The number of rotatable bonds is 10. The van der Waals surface area contributed by atoms with Gasteiger partial charge in [0.1, 0.15) is 5.75 Å². The summed E-state index contributed by atoms with van der Waals surface area (Å²) in [7, 11) is 3.45. The van der Waals surface area contributed by atoms with Crippen LogP contribution in [0.25, 0.3) is 33.3 Å². The highest BCUT2D eigenvalue weighted by Crippen LogP contribution is 2.43. The lowest BCUT2D eigenvalue weighted by Gasteiger charge is -2.40. The molecule has 13 nitrogen and oxygen atoms in total. The number of amides is 2. The van der Waals surface area contributed by atoms with Crippen molar-refractivity contribution >= 4 is 28.4 Å². The Morgan fingerprint density at radius 1 is 1.02 bits per heavy atom. The minimum absolute atomic E-state index is 0.146. The zero-order valence-corrected chi connectivity index (χ0v) is 32.5. The van der Waals surface area contributed by atoms with E-state index in [0.717, 1.165) is 46.4 Å². The molecule has 0 aliphatic carbocycles. The van der Waals surface area contributed by atoms with E-state index in [0.29, 0.717) is 71.9 Å². The lowest BCUT2D eigenvalue weighted by atomic mass is 9.90. The second kappa shape index (κ2) is 15.7. The number of benzene rings is 4. The summed E-state index contributed by atoms with van der Waals surface area (Å²) in [5, 5.41) is 23.7. The molecule has 4 heterocycles. The molecule has 8 rings (SSSR count). The van der Waals surface area contributed by atoms with Crippen LogP contribution in [0.4, 0.5) is 5.69 Å². The van der Waals surface area contributed by atoms with Crippen molar-refractivity contribution in [2.75, 3.05) is 40.0 Å². The van der Waals surface area contributed by atoms with E-state index in [2.05, 4.69) is 32.5 Å². The van der Waals surface area contributed by atoms with Gasteiger partial charge in [-0.25, -0.2) is 0 Å². The second-order valence-electron chi connectivity index (χ2n) is 14.8. The van der Waals surface area contributed by atoms with Gasteiger partial charge in [-0.05, 0) is 66.3 Å². The molecule has 1 fully saturated rings. The number of carbonyl (C=O) groups excluding carboxylic acids is 2. The number of fused-ring (bicyclic) bond motifs is 2. The number of ether oxygens (including phenoxy) is 2. The maximum Gasteiger partial charge on any atom is 0.270 e. The van der Waals surface area contributed by atoms with Crippen LogP contribution in [0.15, 0.2) is 85.1 Å². The molecule has 0 spiro atoms. The lowest BCUT2D eigenvalue weighted by Crippen LogP contribution is -2.52. The maximum atomic E-state index is 15.2. The number of morpholine rings is 1. The highest BCUT2D eigenvalue weighted by molar-refractivity contribution is 6.10. The first kappa shape index (κ1) is 37.6. The summed E-state index contributed by atoms with van der Waals surface area (Å²) in [6, 6.07) is 23.9. The van der Waals surface area contributed by atoms with Gasteiger partial charge in [0.05, 0.1) is 48.2 Å². The number of nitrogens with one attached hydrogen (secondary N) is 2. The molecule has 4 aromatic carbocycles. The summed E-state index contributed by atoms with van der Waals surface area (Å²) >= 11 is 0. The van der Waals surface area contributed by atoms with Crippen LogP contribution in [0.5, 0.6) is 5.75 Å². The Bertz CT molecular complexity index is 2520. The second-order valence-corrected chi connectivity index (χ2v) is 14.8. The summed E-state index contributed by atoms with van der Waals surface area (Å²) in [5.74, 6) is 0.162. The van der Waals surface area contributed by atoms with E-state index in [4.69, 9.17) is 9.47 Å². The zero-order valence-electron chi connectivity index (χ0n) is 32.5. The van der Waals surface area contributed by atoms with Gasteiger partial charge in [-0.3, -0.25) is 29.7 Å². The first-order chi connectivity index (χ1) is 27.6. The molecule has 2 aliphatic rings. The molecule has 0 bridgehead atoms. The third-order valence-electron chi connectivity index (χ3n) is 11.6. The molecule has 57 heavy (non-hydrogen) atoms. The Balaban J connectivity index is 1.27. The van der Waals surface area contributed by atoms with Gasteiger partial charge >= 0.3 is 0 Å². The van der Waals surface area contributed by atoms with Gasteiger partial charge in [0, 0.05) is 85.7 Å². The minimum Gasteiger partial charge on any atom is -0.496 e. The number of methoxy groups -OCH3 is 1. The van der Waals surface area contributed by atoms with Crippen LogP contribution in [0.3, 0.4) is 0 Å². The van der Waals surface area contributed by atoms with Crippen LogP contribution >= 0.6 is 0 Å². The van der Waals surface area contributed by atoms with E-state index in [9.17, 15) is 14.9 Å². The van der Waals surface area contributed by atoms with E-state index in [-0.39, 0.29) is 30.1 Å². The van der Waals surface area contributed by atoms with Crippen molar-refractivity contribution in [3.8, 4) is 28.1 Å². The molecule has 0 radical (unpaired) electrons. The number of hydrogen-bond acceptors (Lipinski definition) is 8. The Morgan fingerprint density at radius 3 is 2.58 bits per heavy atom. The molecule has 292 valence electrons. The van der Waals surface area contributed by atoms with Gasteiger partial charge in [-0.2, -0.15) is 5.10 Å². The number of hydrogen-bond donors (Lipinski definition) is 2. The van der Waals surface area contributed by atoms with Crippen LogP contribution in [0.2, 0.25) is 0 Å². The van der Waals surface area contributed by atoms with Gasteiger partial charge in [0.25, 0.3) is 17.5 Å². The fourth-order valence-corrected chi connectivity index (χ4v) is 8.36. The van der Waals surface area contributed by atoms with E-state index >= 15 is 4.79 Å². The number of aromatic nitrogens is 3. The average Bonchev–Trinajstić information content (AvgIpc) is 3.81. The van der Waals surface area contributed by atoms with Crippen molar-refractivity contribution in [3.63, 3.8) is 0 Å². The number of aromatic amines is 1. The van der Waals surface area contributed by atoms with E-state index in [1.807, 2.05) is 78.9 Å². The van der Waals surface area contributed by atoms with Crippen molar-refractivity contribution in [2.24, 2.45) is 7.05 Å². The molecule has 0 unspecified atom stereocenters. The van der Waals surface area contributed by atoms with Crippen LogP contribution in [-0.2, 0) is 31.3 Å². The molecule has 6 aromatic rings. The smallest absolute Gasteiger partial charge is 0.270 e. The average molecular weight is 768 g/mol. The number of nitro benzene ring substituents is 1. The largest absolute Gasteiger partial charge is 0.496 e. The highest BCUT2D eigenvalue weighted by atomic mass is 16.6. The van der Waals surface area contributed by atoms with Gasteiger partial charge in [-0.1, -0.05) is 48.5 Å². The Labute approximate surface area is 330 Å². The first-order valence-electron chi connectivity index (χ1n) is 19.1. The topological polar surface area (TPSA) is 148 Å². The first-order valence-corrected chi connectivity index (χ1v) is 19.1. The molecule has 2 aromatic heterocycles. The van der Waals surface area contributed by atoms with Crippen LogP contribution < -0.4 is 10.1 Å². The zero-order chi connectivity index (χ0) is 39.8. The fourth-order valence-electron chi connectivity index (χ4n) is 8.36. The summed E-state index contributed by atoms with van der Waals surface area (Å²) in [6.07, 6.45) is 2.40. The Kier molecular flexibility index (Phi) is 10.3. The van der Waals surface area contributed by atoms with Crippen molar-refractivity contribution < 1.29 is 24.0 Å². The SMILES string of the molecule is COc1cccc(CNC(=O)c2c(-c3ccc4cn[nH]c4c3)c(-c3cc([N+](=O)[O-])ccc3C(=O)N3Cc4ccccc4C[C@H]3CN3CCOCC3)n(C)c2C)c1C. The normalized spacial score (nSPS) is 15.7. The predicted molar refractivity (Wildman–Crippen MR) is 217 cm³/mol. The number of nitrogens with zero attached hydrogens (tertiary/aromatic N) is 5. The number of nitro groups is 1. The van der Waals surface area contributed by atoms with Crippen molar-refractivity contribution in [1.82, 2.24) is 29.9 Å².